The van der Waals surface area contributed by atoms with Gasteiger partial charge < -0.3 is 11.1 Å². The Morgan fingerprint density at radius 1 is 1.33 bits per heavy atom. The molecule has 3 N–H and O–H groups in total. The molecule has 94 valence electrons. The predicted molar refractivity (Wildman–Crippen MR) is 54.4 cm³/mol. The van der Waals surface area contributed by atoms with E-state index in [0.29, 0.717) is 0 Å². The van der Waals surface area contributed by atoms with E-state index < -0.39 is 18.0 Å². The summed E-state index contributed by atoms with van der Waals surface area (Å²) in [6, 6.07) is 4.66. The van der Waals surface area contributed by atoms with E-state index >= 15 is 0 Å². The molecule has 0 aliphatic heterocycles. The summed E-state index contributed by atoms with van der Waals surface area (Å²) in [6.45, 7) is 0. The van der Waals surface area contributed by atoms with Crippen molar-refractivity contribution in [1.29, 1.82) is 5.26 Å². The van der Waals surface area contributed by atoms with Gasteiger partial charge in [0.25, 0.3) is 0 Å². The highest BCUT2D eigenvalue weighted by Gasteiger charge is 2.39. The van der Waals surface area contributed by atoms with Crippen molar-refractivity contribution in [2.45, 2.75) is 6.18 Å². The molecule has 0 saturated carbocycles. The molecule has 0 saturated heterocycles. The van der Waals surface area contributed by atoms with Crippen LogP contribution >= 0.6 is 0 Å². The molecule has 0 spiro atoms. The van der Waals surface area contributed by atoms with Gasteiger partial charge in [-0.05, 0) is 18.2 Å². The lowest BCUT2D eigenvalue weighted by Gasteiger charge is -2.09. The summed E-state index contributed by atoms with van der Waals surface area (Å²) in [4.78, 5) is 21.5. The molecule has 0 aliphatic rings. The normalized spacial score (nSPS) is 10.6. The third kappa shape index (κ3) is 2.98. The van der Waals surface area contributed by atoms with Crippen LogP contribution in [0.2, 0.25) is 0 Å². The number of halogens is 3. The largest absolute Gasteiger partial charge is 0.471 e. The molecular weight excluding hydrogens is 251 g/mol. The molecule has 0 radical (unpaired) electrons. The number of benzene rings is 1. The van der Waals surface area contributed by atoms with Crippen LogP contribution in [0.5, 0.6) is 0 Å². The highest BCUT2D eigenvalue weighted by atomic mass is 19.4. The van der Waals surface area contributed by atoms with E-state index in [-0.39, 0.29) is 16.8 Å². The number of nitrogens with zero attached hydrogens (tertiary/aromatic N) is 1. The summed E-state index contributed by atoms with van der Waals surface area (Å²) >= 11 is 0. The summed E-state index contributed by atoms with van der Waals surface area (Å²) in [7, 11) is 0. The van der Waals surface area contributed by atoms with Gasteiger partial charge in [0.1, 0.15) is 6.07 Å². The molecule has 0 fully saturated rings. The number of carbonyl (C=O) groups excluding carboxylic acids is 2. The first-order valence-electron chi connectivity index (χ1n) is 4.48. The number of primary amides is 1. The summed E-state index contributed by atoms with van der Waals surface area (Å²) in [6.07, 6.45) is -5.06. The number of alkyl halides is 3. The molecule has 1 rings (SSSR count). The fraction of sp³-hybridized carbons (Fsp3) is 0.100. The third-order valence-electron chi connectivity index (χ3n) is 1.93. The Balaban J connectivity index is 3.09. The molecular formula is C10H6F3N3O2. The monoisotopic (exact) mass is 257 g/mol. The van der Waals surface area contributed by atoms with Crippen molar-refractivity contribution in [1.82, 2.24) is 0 Å². The third-order valence-corrected chi connectivity index (χ3v) is 1.93. The second-order valence-corrected chi connectivity index (χ2v) is 3.19. The van der Waals surface area contributed by atoms with E-state index in [1.54, 1.807) is 6.07 Å². The fourth-order valence-corrected chi connectivity index (χ4v) is 1.09. The number of nitriles is 1. The van der Waals surface area contributed by atoms with Crippen LogP contribution in [0.25, 0.3) is 0 Å². The average molecular weight is 257 g/mol. The lowest BCUT2D eigenvalue weighted by molar-refractivity contribution is -0.167. The van der Waals surface area contributed by atoms with Crippen LogP contribution in [0.3, 0.4) is 0 Å². The zero-order chi connectivity index (χ0) is 13.9. The Bertz CT molecular complexity index is 546. The van der Waals surface area contributed by atoms with Crippen LogP contribution in [-0.2, 0) is 4.79 Å². The number of nitrogens with two attached hydrogens (primary N) is 1. The van der Waals surface area contributed by atoms with E-state index in [9.17, 15) is 22.8 Å². The Morgan fingerprint density at radius 3 is 2.39 bits per heavy atom. The van der Waals surface area contributed by atoms with Gasteiger partial charge in [0.2, 0.25) is 5.91 Å². The number of hydrogen-bond acceptors (Lipinski definition) is 3. The molecule has 1 aromatic rings. The van der Waals surface area contributed by atoms with E-state index in [4.69, 9.17) is 11.0 Å². The molecule has 0 aromatic heterocycles. The van der Waals surface area contributed by atoms with Crippen molar-refractivity contribution in [2.24, 2.45) is 5.73 Å². The molecule has 0 aliphatic carbocycles. The average Bonchev–Trinajstić information content (AvgIpc) is 2.27. The first kappa shape index (κ1) is 13.5. The van der Waals surface area contributed by atoms with Crippen molar-refractivity contribution in [2.75, 3.05) is 5.32 Å². The molecule has 1 aromatic carbocycles. The highest BCUT2D eigenvalue weighted by molar-refractivity contribution is 5.98. The van der Waals surface area contributed by atoms with Crippen LogP contribution < -0.4 is 11.1 Å². The molecule has 18 heavy (non-hydrogen) atoms. The van der Waals surface area contributed by atoms with Gasteiger partial charge in [-0.3, -0.25) is 9.59 Å². The van der Waals surface area contributed by atoms with Gasteiger partial charge in [0.05, 0.1) is 11.3 Å². The minimum Gasteiger partial charge on any atom is -0.366 e. The van der Waals surface area contributed by atoms with Crippen molar-refractivity contribution in [3.8, 4) is 6.07 Å². The molecule has 5 nitrogen and oxygen atoms in total. The van der Waals surface area contributed by atoms with Gasteiger partial charge >= 0.3 is 12.1 Å². The number of rotatable bonds is 2. The smallest absolute Gasteiger partial charge is 0.366 e. The van der Waals surface area contributed by atoms with Crippen LogP contribution in [0.4, 0.5) is 18.9 Å². The van der Waals surface area contributed by atoms with Crippen LogP contribution in [0.1, 0.15) is 15.9 Å². The maximum absolute atomic E-state index is 12.0. The van der Waals surface area contributed by atoms with E-state index in [1.165, 1.54) is 5.32 Å². The van der Waals surface area contributed by atoms with Gasteiger partial charge in [-0.1, -0.05) is 0 Å². The lowest BCUT2D eigenvalue weighted by Crippen LogP contribution is -2.30. The van der Waals surface area contributed by atoms with E-state index in [1.807, 2.05) is 0 Å². The van der Waals surface area contributed by atoms with Gasteiger partial charge in [-0.25, -0.2) is 0 Å². The molecule has 0 heterocycles. The summed E-state index contributed by atoms with van der Waals surface area (Å²) in [5.41, 5.74) is 4.27. The summed E-state index contributed by atoms with van der Waals surface area (Å²) in [5.74, 6) is -3.04. The molecule has 8 heteroatoms. The Morgan fingerprint density at radius 2 is 1.94 bits per heavy atom. The maximum atomic E-state index is 12.0. The number of nitrogens with one attached hydrogen (secondary N) is 1. The second-order valence-electron chi connectivity index (χ2n) is 3.19. The molecule has 2 amide bonds. The predicted octanol–water partition coefficient (Wildman–Crippen LogP) is 1.16. The van der Waals surface area contributed by atoms with Crippen LogP contribution in [-0.4, -0.2) is 18.0 Å². The number of carbonyl (C=O) groups is 2. The minimum atomic E-state index is -5.06. The summed E-state index contributed by atoms with van der Waals surface area (Å²) in [5, 5.41) is 10.2. The molecule has 0 unspecified atom stereocenters. The topological polar surface area (TPSA) is 96.0 Å². The number of anilines is 1. The first-order chi connectivity index (χ1) is 8.25. The van der Waals surface area contributed by atoms with Gasteiger partial charge in [0, 0.05) is 5.56 Å². The zero-order valence-corrected chi connectivity index (χ0v) is 8.71. The fourth-order valence-electron chi connectivity index (χ4n) is 1.09. The first-order valence-corrected chi connectivity index (χ1v) is 4.48. The number of hydrogen-bond donors (Lipinski definition) is 2. The van der Waals surface area contributed by atoms with Crippen molar-refractivity contribution in [3.05, 3.63) is 29.3 Å². The summed E-state index contributed by atoms with van der Waals surface area (Å²) < 4.78 is 36.0. The van der Waals surface area contributed by atoms with Crippen LogP contribution in [0.15, 0.2) is 18.2 Å². The number of amides is 2. The molecule has 0 atom stereocenters. The van der Waals surface area contributed by atoms with Crippen molar-refractivity contribution in [3.63, 3.8) is 0 Å². The van der Waals surface area contributed by atoms with Gasteiger partial charge in [0.15, 0.2) is 0 Å². The van der Waals surface area contributed by atoms with Crippen molar-refractivity contribution >= 4 is 17.5 Å². The Hall–Kier alpha value is -2.56. The van der Waals surface area contributed by atoms with E-state index in [2.05, 4.69) is 0 Å². The second kappa shape index (κ2) is 4.75. The maximum Gasteiger partial charge on any atom is 0.471 e. The van der Waals surface area contributed by atoms with Gasteiger partial charge in [-0.15, -0.1) is 0 Å². The van der Waals surface area contributed by atoms with Crippen LogP contribution in [0, 0.1) is 11.3 Å². The Labute approximate surface area is 99.0 Å². The van der Waals surface area contributed by atoms with Crippen molar-refractivity contribution < 1.29 is 22.8 Å². The standard InChI is InChI=1S/C10H6F3N3O2/c11-10(12,13)9(18)16-7-2-1-5(8(15)17)3-6(7)4-14/h1-3H,(H2,15,17)(H,16,18). The zero-order valence-electron chi connectivity index (χ0n) is 8.71. The SMILES string of the molecule is N#Cc1cc(C(N)=O)ccc1NC(=O)C(F)(F)F. The molecule has 0 bridgehead atoms. The highest BCUT2D eigenvalue weighted by Crippen LogP contribution is 2.21. The lowest BCUT2D eigenvalue weighted by atomic mass is 10.1. The van der Waals surface area contributed by atoms with Gasteiger partial charge in [-0.2, -0.15) is 18.4 Å². The quantitative estimate of drug-likeness (QED) is 0.831. The van der Waals surface area contributed by atoms with E-state index in [0.717, 1.165) is 18.2 Å². The minimum absolute atomic E-state index is 0.0449. The Kier molecular flexibility index (Phi) is 3.56.